The van der Waals surface area contributed by atoms with Gasteiger partial charge in [-0.2, -0.15) is 0 Å². The quantitative estimate of drug-likeness (QED) is 0.260. The van der Waals surface area contributed by atoms with Gasteiger partial charge in [0.2, 0.25) is 0 Å². The van der Waals surface area contributed by atoms with E-state index in [1.807, 2.05) is 0 Å². The van der Waals surface area contributed by atoms with Crippen molar-refractivity contribution in [2.75, 3.05) is 6.54 Å². The molecule has 0 aromatic rings. The van der Waals surface area contributed by atoms with Crippen LogP contribution in [-0.2, 0) is 0 Å². The number of unbranched alkanes of at least 4 members (excludes halogenated alkanes) is 13. The topological polar surface area (TPSA) is 12.0 Å². The van der Waals surface area contributed by atoms with Crippen molar-refractivity contribution in [3.8, 4) is 0 Å². The van der Waals surface area contributed by atoms with Gasteiger partial charge in [-0.15, -0.1) is 0 Å². The Labute approximate surface area is 160 Å². The lowest BCUT2D eigenvalue weighted by Crippen LogP contribution is -2.46. The number of hydrogen-bond acceptors (Lipinski definition) is 1. The second kappa shape index (κ2) is 16.2. The largest absolute Gasteiger partial charge is 0.312 e. The third-order valence-electron chi connectivity index (χ3n) is 6.37. The monoisotopic (exact) mass is 351 g/mol. The zero-order chi connectivity index (χ0) is 18.1. The Morgan fingerprint density at radius 1 is 0.560 bits per heavy atom. The highest BCUT2D eigenvalue weighted by atomic mass is 15.0. The highest BCUT2D eigenvalue weighted by molar-refractivity contribution is 4.90. The van der Waals surface area contributed by atoms with Gasteiger partial charge in [0.05, 0.1) is 0 Å². The summed E-state index contributed by atoms with van der Waals surface area (Å²) >= 11 is 0. The van der Waals surface area contributed by atoms with E-state index in [1.54, 1.807) is 0 Å². The second-order valence-electron chi connectivity index (χ2n) is 8.72. The lowest BCUT2D eigenvalue weighted by Gasteiger charge is -2.38. The fourth-order valence-corrected chi connectivity index (χ4v) is 4.78. The minimum Gasteiger partial charge on any atom is -0.312 e. The molecule has 0 saturated heterocycles. The summed E-state index contributed by atoms with van der Waals surface area (Å²) in [6, 6.07) is 0. The molecule has 0 aliphatic heterocycles. The molecule has 150 valence electrons. The summed E-state index contributed by atoms with van der Waals surface area (Å²) in [5.74, 6) is 0. The predicted molar refractivity (Wildman–Crippen MR) is 114 cm³/mol. The molecule has 0 unspecified atom stereocenters. The molecule has 1 nitrogen and oxygen atoms in total. The zero-order valence-corrected chi connectivity index (χ0v) is 17.8. The van der Waals surface area contributed by atoms with Gasteiger partial charge in [-0.25, -0.2) is 0 Å². The highest BCUT2D eigenvalue weighted by Crippen LogP contribution is 2.32. The van der Waals surface area contributed by atoms with Crippen molar-refractivity contribution in [3.63, 3.8) is 0 Å². The molecule has 25 heavy (non-hydrogen) atoms. The molecule has 1 saturated carbocycles. The summed E-state index contributed by atoms with van der Waals surface area (Å²) in [7, 11) is 0. The minimum atomic E-state index is 0.518. The van der Waals surface area contributed by atoms with Crippen LogP contribution in [0.15, 0.2) is 0 Å². The van der Waals surface area contributed by atoms with E-state index in [9.17, 15) is 0 Å². The first kappa shape index (κ1) is 23.0. The molecule has 1 fully saturated rings. The Morgan fingerprint density at radius 2 is 1.00 bits per heavy atom. The van der Waals surface area contributed by atoms with Gasteiger partial charge in [0.25, 0.3) is 0 Å². The maximum Gasteiger partial charge on any atom is 0.0181 e. The standard InChI is InChI=1S/C24H49N/c1-3-5-6-7-8-9-10-11-12-13-14-15-16-18-21-24(25-4-2)22-19-17-20-23-24/h25H,3-23H2,1-2H3. The van der Waals surface area contributed by atoms with Crippen molar-refractivity contribution in [1.82, 2.24) is 5.32 Å². The van der Waals surface area contributed by atoms with E-state index in [1.165, 1.54) is 128 Å². The van der Waals surface area contributed by atoms with Crippen LogP contribution in [-0.4, -0.2) is 12.1 Å². The van der Waals surface area contributed by atoms with Crippen molar-refractivity contribution in [3.05, 3.63) is 0 Å². The SMILES string of the molecule is CCCCCCCCCCCCCCCCC1(NCC)CCCCC1. The van der Waals surface area contributed by atoms with Crippen LogP contribution >= 0.6 is 0 Å². The molecule has 0 atom stereocenters. The Bertz CT molecular complexity index is 262. The van der Waals surface area contributed by atoms with Crippen molar-refractivity contribution in [2.24, 2.45) is 0 Å². The van der Waals surface area contributed by atoms with Gasteiger partial charge in [0, 0.05) is 5.54 Å². The van der Waals surface area contributed by atoms with Crippen LogP contribution in [0.4, 0.5) is 0 Å². The fraction of sp³-hybridized carbons (Fsp3) is 1.00. The van der Waals surface area contributed by atoms with Crippen LogP contribution in [0.3, 0.4) is 0 Å². The van der Waals surface area contributed by atoms with Gasteiger partial charge >= 0.3 is 0 Å². The maximum absolute atomic E-state index is 3.84. The summed E-state index contributed by atoms with van der Waals surface area (Å²) < 4.78 is 0. The molecule has 0 bridgehead atoms. The van der Waals surface area contributed by atoms with Crippen LogP contribution in [0, 0.1) is 0 Å². The molecule has 1 heteroatoms. The van der Waals surface area contributed by atoms with Crippen molar-refractivity contribution in [2.45, 2.75) is 148 Å². The van der Waals surface area contributed by atoms with E-state index in [0.29, 0.717) is 5.54 Å². The van der Waals surface area contributed by atoms with Gasteiger partial charge in [-0.1, -0.05) is 123 Å². The van der Waals surface area contributed by atoms with Crippen LogP contribution in [0.25, 0.3) is 0 Å². The zero-order valence-electron chi connectivity index (χ0n) is 17.8. The molecular formula is C24H49N. The summed E-state index contributed by atoms with van der Waals surface area (Å²) in [5.41, 5.74) is 0.518. The first-order chi connectivity index (χ1) is 12.3. The second-order valence-corrected chi connectivity index (χ2v) is 8.72. The van der Waals surface area contributed by atoms with Gasteiger partial charge in [0.1, 0.15) is 0 Å². The van der Waals surface area contributed by atoms with Crippen molar-refractivity contribution >= 4 is 0 Å². The highest BCUT2D eigenvalue weighted by Gasteiger charge is 2.29. The third kappa shape index (κ3) is 12.1. The third-order valence-corrected chi connectivity index (χ3v) is 6.37. The first-order valence-corrected chi connectivity index (χ1v) is 12.1. The molecule has 0 heterocycles. The Balaban J connectivity index is 1.85. The Kier molecular flexibility index (Phi) is 14.9. The van der Waals surface area contributed by atoms with Crippen molar-refractivity contribution in [1.29, 1.82) is 0 Å². The number of hydrogen-bond donors (Lipinski definition) is 1. The van der Waals surface area contributed by atoms with Crippen LogP contribution in [0.2, 0.25) is 0 Å². The molecular weight excluding hydrogens is 302 g/mol. The lowest BCUT2D eigenvalue weighted by molar-refractivity contribution is 0.213. The van der Waals surface area contributed by atoms with Gasteiger partial charge in [0.15, 0.2) is 0 Å². The van der Waals surface area contributed by atoms with Gasteiger partial charge in [-0.05, 0) is 25.8 Å². The summed E-state index contributed by atoms with van der Waals surface area (Å²) in [4.78, 5) is 0. The van der Waals surface area contributed by atoms with Crippen LogP contribution in [0.5, 0.6) is 0 Å². The van der Waals surface area contributed by atoms with E-state index in [-0.39, 0.29) is 0 Å². The van der Waals surface area contributed by atoms with Gasteiger partial charge < -0.3 is 5.32 Å². The summed E-state index contributed by atoms with van der Waals surface area (Å²) in [6.07, 6.45) is 29.2. The Morgan fingerprint density at radius 3 is 1.44 bits per heavy atom. The van der Waals surface area contributed by atoms with E-state index in [4.69, 9.17) is 0 Å². The van der Waals surface area contributed by atoms with Gasteiger partial charge in [-0.3, -0.25) is 0 Å². The average molecular weight is 352 g/mol. The Hall–Kier alpha value is -0.0400. The smallest absolute Gasteiger partial charge is 0.0181 e. The number of rotatable bonds is 17. The molecule has 0 spiro atoms. The number of nitrogens with one attached hydrogen (secondary N) is 1. The van der Waals surface area contributed by atoms with E-state index < -0.39 is 0 Å². The molecule has 0 aromatic heterocycles. The van der Waals surface area contributed by atoms with Crippen LogP contribution < -0.4 is 5.32 Å². The molecule has 0 radical (unpaired) electrons. The van der Waals surface area contributed by atoms with E-state index in [0.717, 1.165) is 6.54 Å². The van der Waals surface area contributed by atoms with E-state index in [2.05, 4.69) is 19.2 Å². The molecule has 1 aliphatic rings. The molecule has 1 aliphatic carbocycles. The molecule has 1 N–H and O–H groups in total. The fourth-order valence-electron chi connectivity index (χ4n) is 4.78. The molecule has 1 rings (SSSR count). The van der Waals surface area contributed by atoms with Crippen LogP contribution in [0.1, 0.15) is 142 Å². The van der Waals surface area contributed by atoms with E-state index >= 15 is 0 Å². The minimum absolute atomic E-state index is 0.518. The first-order valence-electron chi connectivity index (χ1n) is 12.1. The average Bonchev–Trinajstić information content (AvgIpc) is 2.63. The molecule has 0 amide bonds. The molecule has 0 aromatic carbocycles. The predicted octanol–water partition coefficient (Wildman–Crippen LogP) is 8.17. The normalized spacial score (nSPS) is 17.0. The lowest BCUT2D eigenvalue weighted by atomic mass is 9.78. The van der Waals surface area contributed by atoms with Crippen molar-refractivity contribution < 1.29 is 0 Å². The summed E-state index contributed by atoms with van der Waals surface area (Å²) in [5, 5.41) is 3.84. The maximum atomic E-state index is 3.84. The summed E-state index contributed by atoms with van der Waals surface area (Å²) in [6.45, 7) is 5.73.